The highest BCUT2D eigenvalue weighted by Gasteiger charge is 2.12. The molecule has 0 spiro atoms. The number of hydrogen-bond donors (Lipinski definition) is 2. The number of hydrazone groups is 1. The van der Waals surface area contributed by atoms with Crippen LogP contribution < -0.4 is 25.0 Å². The molecule has 0 heterocycles. The number of halogens is 1. The summed E-state index contributed by atoms with van der Waals surface area (Å²) in [5.41, 5.74) is 4.46. The van der Waals surface area contributed by atoms with Crippen LogP contribution in [0.4, 0.5) is 0 Å². The van der Waals surface area contributed by atoms with Crippen molar-refractivity contribution in [2.75, 3.05) is 20.8 Å². The monoisotopic (exact) mass is 525 g/mol. The van der Waals surface area contributed by atoms with Crippen LogP contribution in [0.3, 0.4) is 0 Å². The van der Waals surface area contributed by atoms with Crippen LogP contribution in [-0.2, 0) is 11.4 Å². The number of ether oxygens (including phenoxy) is 3. The van der Waals surface area contributed by atoms with Crippen LogP contribution in [-0.4, -0.2) is 38.8 Å². The molecule has 2 amide bonds. The van der Waals surface area contributed by atoms with Crippen LogP contribution in [0.5, 0.6) is 17.2 Å². The van der Waals surface area contributed by atoms with E-state index < -0.39 is 11.8 Å². The number of para-hydroxylation sites is 1. The Bertz CT molecular complexity index is 1170. The minimum atomic E-state index is -0.474. The lowest BCUT2D eigenvalue weighted by Crippen LogP contribution is -2.34. The first-order chi connectivity index (χ1) is 16.5. The maximum absolute atomic E-state index is 12.3. The predicted octanol–water partition coefficient (Wildman–Crippen LogP) is 3.93. The fraction of sp³-hybridized carbons (Fsp3) is 0.160. The second-order valence-corrected chi connectivity index (χ2v) is 7.91. The van der Waals surface area contributed by atoms with Crippen molar-refractivity contribution in [1.29, 1.82) is 0 Å². The summed E-state index contributed by atoms with van der Waals surface area (Å²) in [6.07, 6.45) is 1.49. The molecule has 0 bridgehead atoms. The van der Waals surface area contributed by atoms with Crippen LogP contribution in [0.1, 0.15) is 21.5 Å². The molecule has 0 atom stereocenters. The first kappa shape index (κ1) is 24.8. The molecular formula is C25H24BrN3O5. The van der Waals surface area contributed by atoms with E-state index in [-0.39, 0.29) is 6.54 Å². The van der Waals surface area contributed by atoms with Crippen LogP contribution in [0.15, 0.2) is 76.3 Å². The van der Waals surface area contributed by atoms with Crippen molar-refractivity contribution in [3.05, 3.63) is 87.9 Å². The average Bonchev–Trinajstić information content (AvgIpc) is 2.87. The topological polar surface area (TPSA) is 98.2 Å². The molecule has 34 heavy (non-hydrogen) atoms. The number of nitrogens with one attached hydrogen (secondary N) is 2. The molecule has 0 saturated carbocycles. The molecule has 0 aliphatic rings. The highest BCUT2D eigenvalue weighted by Crippen LogP contribution is 2.27. The lowest BCUT2D eigenvalue weighted by molar-refractivity contribution is -0.120. The standard InChI is InChI=1S/C25H24BrN3O5/c1-32-22-12-9-18(13-23(22)33-2)25(31)27-15-24(30)29-28-14-19-5-3-4-6-21(19)34-16-17-7-10-20(26)11-8-17/h3-14H,15-16H2,1-2H3,(H,27,31)(H,29,30)/b28-14+. The summed E-state index contributed by atoms with van der Waals surface area (Å²) in [6, 6.07) is 19.9. The second kappa shape index (κ2) is 12.4. The molecule has 0 unspecified atom stereocenters. The Morgan fingerprint density at radius 2 is 1.68 bits per heavy atom. The Labute approximate surface area is 206 Å². The summed E-state index contributed by atoms with van der Waals surface area (Å²) in [6.45, 7) is 0.152. The van der Waals surface area contributed by atoms with Crippen molar-refractivity contribution < 1.29 is 23.8 Å². The first-order valence-corrected chi connectivity index (χ1v) is 11.1. The van der Waals surface area contributed by atoms with E-state index in [4.69, 9.17) is 14.2 Å². The SMILES string of the molecule is COc1ccc(C(=O)NCC(=O)N/N=C/c2ccccc2OCc2ccc(Br)cc2)cc1OC. The van der Waals surface area contributed by atoms with Gasteiger partial charge in [0.1, 0.15) is 12.4 Å². The Kier molecular flexibility index (Phi) is 9.04. The Balaban J connectivity index is 1.51. The van der Waals surface area contributed by atoms with Gasteiger partial charge in [-0.05, 0) is 48.0 Å². The van der Waals surface area contributed by atoms with Crippen LogP contribution in [0.2, 0.25) is 0 Å². The molecule has 0 radical (unpaired) electrons. The molecule has 0 aliphatic heterocycles. The van der Waals surface area contributed by atoms with Gasteiger partial charge in [-0.25, -0.2) is 5.43 Å². The zero-order valence-electron chi connectivity index (χ0n) is 18.7. The molecule has 0 aliphatic carbocycles. The molecule has 3 aromatic carbocycles. The van der Waals surface area contributed by atoms with E-state index in [0.29, 0.717) is 35.0 Å². The van der Waals surface area contributed by atoms with Gasteiger partial charge in [-0.3, -0.25) is 9.59 Å². The number of nitrogens with zero attached hydrogens (tertiary/aromatic N) is 1. The number of hydrogen-bond acceptors (Lipinski definition) is 6. The number of amides is 2. The van der Waals surface area contributed by atoms with Gasteiger partial charge in [0.2, 0.25) is 0 Å². The van der Waals surface area contributed by atoms with E-state index in [9.17, 15) is 9.59 Å². The molecule has 9 heteroatoms. The first-order valence-electron chi connectivity index (χ1n) is 10.3. The second-order valence-electron chi connectivity index (χ2n) is 7.00. The van der Waals surface area contributed by atoms with Gasteiger partial charge in [0.25, 0.3) is 11.8 Å². The van der Waals surface area contributed by atoms with Crippen molar-refractivity contribution in [3.63, 3.8) is 0 Å². The molecule has 8 nitrogen and oxygen atoms in total. The van der Waals surface area contributed by atoms with Crippen molar-refractivity contribution in [2.24, 2.45) is 5.10 Å². The molecule has 3 aromatic rings. The highest BCUT2D eigenvalue weighted by molar-refractivity contribution is 9.10. The van der Waals surface area contributed by atoms with Crippen LogP contribution >= 0.6 is 15.9 Å². The quantitative estimate of drug-likeness (QED) is 0.308. The summed E-state index contributed by atoms with van der Waals surface area (Å²) >= 11 is 3.41. The third-order valence-corrected chi connectivity index (χ3v) is 5.20. The van der Waals surface area contributed by atoms with Crippen molar-refractivity contribution in [2.45, 2.75) is 6.61 Å². The lowest BCUT2D eigenvalue weighted by atomic mass is 10.2. The number of rotatable bonds is 10. The number of benzene rings is 3. The highest BCUT2D eigenvalue weighted by atomic mass is 79.9. The van der Waals surface area contributed by atoms with Gasteiger partial charge in [-0.2, -0.15) is 5.10 Å². The van der Waals surface area contributed by atoms with Crippen LogP contribution in [0, 0.1) is 0 Å². The van der Waals surface area contributed by atoms with Gasteiger partial charge in [0.05, 0.1) is 27.0 Å². The lowest BCUT2D eigenvalue weighted by Gasteiger charge is -2.10. The van der Waals surface area contributed by atoms with Gasteiger partial charge in [0, 0.05) is 15.6 Å². The third kappa shape index (κ3) is 7.08. The zero-order valence-corrected chi connectivity index (χ0v) is 20.3. The molecule has 176 valence electrons. The maximum atomic E-state index is 12.3. The molecule has 0 saturated heterocycles. The van der Waals surface area contributed by atoms with Gasteiger partial charge >= 0.3 is 0 Å². The van der Waals surface area contributed by atoms with Crippen molar-refractivity contribution in [3.8, 4) is 17.2 Å². The normalized spacial score (nSPS) is 10.6. The van der Waals surface area contributed by atoms with E-state index >= 15 is 0 Å². The zero-order chi connectivity index (χ0) is 24.3. The maximum Gasteiger partial charge on any atom is 0.259 e. The molecule has 2 N–H and O–H groups in total. The van der Waals surface area contributed by atoms with E-state index in [0.717, 1.165) is 10.0 Å². The molecule has 0 aromatic heterocycles. The van der Waals surface area contributed by atoms with Gasteiger partial charge in [-0.1, -0.05) is 40.2 Å². The minimum absolute atomic E-state index is 0.244. The summed E-state index contributed by atoms with van der Waals surface area (Å²) in [5.74, 6) is 0.660. The van der Waals surface area contributed by atoms with Gasteiger partial charge in [-0.15, -0.1) is 0 Å². The van der Waals surface area contributed by atoms with E-state index in [2.05, 4.69) is 31.8 Å². The summed E-state index contributed by atoms with van der Waals surface area (Å²) in [7, 11) is 2.99. The Morgan fingerprint density at radius 3 is 2.41 bits per heavy atom. The molecule has 3 rings (SSSR count). The predicted molar refractivity (Wildman–Crippen MR) is 133 cm³/mol. The summed E-state index contributed by atoms with van der Waals surface area (Å²) in [4.78, 5) is 24.4. The average molecular weight is 526 g/mol. The summed E-state index contributed by atoms with van der Waals surface area (Å²) < 4.78 is 17.2. The van der Waals surface area contributed by atoms with Crippen LogP contribution in [0.25, 0.3) is 0 Å². The van der Waals surface area contributed by atoms with E-state index in [1.807, 2.05) is 48.5 Å². The summed E-state index contributed by atoms with van der Waals surface area (Å²) in [5, 5.41) is 6.51. The number of carbonyl (C=O) groups excluding carboxylic acids is 2. The number of carbonyl (C=O) groups is 2. The minimum Gasteiger partial charge on any atom is -0.493 e. The van der Waals surface area contributed by atoms with Gasteiger partial charge in [0.15, 0.2) is 11.5 Å². The Hall–Kier alpha value is -3.85. The van der Waals surface area contributed by atoms with Crippen molar-refractivity contribution >= 4 is 34.0 Å². The Morgan fingerprint density at radius 1 is 0.941 bits per heavy atom. The molecule has 0 fully saturated rings. The third-order valence-electron chi connectivity index (χ3n) is 4.67. The van der Waals surface area contributed by atoms with Crippen molar-refractivity contribution in [1.82, 2.24) is 10.7 Å². The van der Waals surface area contributed by atoms with E-state index in [1.165, 1.54) is 26.5 Å². The fourth-order valence-electron chi connectivity index (χ4n) is 2.91. The van der Waals surface area contributed by atoms with Gasteiger partial charge < -0.3 is 19.5 Å². The fourth-order valence-corrected chi connectivity index (χ4v) is 3.18. The van der Waals surface area contributed by atoms with E-state index in [1.54, 1.807) is 12.1 Å². The molecular weight excluding hydrogens is 502 g/mol. The smallest absolute Gasteiger partial charge is 0.259 e. The largest absolute Gasteiger partial charge is 0.493 e. The number of methoxy groups -OCH3 is 2.